The van der Waals surface area contributed by atoms with Crippen LogP contribution < -0.4 is 4.74 Å². The van der Waals surface area contributed by atoms with Crippen LogP contribution in [0, 0.1) is 0 Å². The molecule has 5 rings (SSSR count). The molecule has 2 heterocycles. The summed E-state index contributed by atoms with van der Waals surface area (Å²) in [6.07, 6.45) is 0. The smallest absolute Gasteiger partial charge is 0.212 e. The first kappa shape index (κ1) is 17.7. The van der Waals surface area contributed by atoms with Gasteiger partial charge in [-0.15, -0.1) is 10.2 Å². The highest BCUT2D eigenvalue weighted by molar-refractivity contribution is 7.99. The Hall–Kier alpha value is -3.38. The molecule has 4 aromatic rings. The topological polar surface area (TPSA) is 52.3 Å². The van der Waals surface area contributed by atoms with Crippen LogP contribution >= 0.6 is 11.8 Å². The summed E-state index contributed by atoms with van der Waals surface area (Å²) in [6.45, 7) is 0.522. The predicted octanol–water partition coefficient (Wildman–Crippen LogP) is 4.88. The molecule has 142 valence electrons. The number of thioether (sulfide) groups is 1. The van der Waals surface area contributed by atoms with Gasteiger partial charge in [-0.25, -0.2) is 0 Å². The lowest BCUT2D eigenvalue weighted by molar-refractivity contribution is 0.306. The van der Waals surface area contributed by atoms with E-state index in [4.69, 9.17) is 9.84 Å². The Labute approximate surface area is 173 Å². The maximum absolute atomic E-state index is 5.97. The van der Waals surface area contributed by atoms with Crippen molar-refractivity contribution in [1.82, 2.24) is 14.9 Å². The first-order valence-electron chi connectivity index (χ1n) is 9.35. The summed E-state index contributed by atoms with van der Waals surface area (Å²) in [5.41, 5.74) is 4.19. The maximum atomic E-state index is 5.97. The molecular formula is C23H18N4OS. The van der Waals surface area contributed by atoms with Gasteiger partial charge in [0.1, 0.15) is 12.4 Å². The summed E-state index contributed by atoms with van der Waals surface area (Å²) in [7, 11) is 0. The molecular weight excluding hydrogens is 380 g/mol. The van der Waals surface area contributed by atoms with Crippen molar-refractivity contribution in [2.24, 2.45) is 5.10 Å². The average molecular weight is 398 g/mol. The molecule has 3 aromatic carbocycles. The SMILES string of the molecule is c1ccc(COc2cccc(-c3nnc4n3N=C(c3ccccc3)CS4)c2)cc1. The van der Waals surface area contributed by atoms with Crippen molar-refractivity contribution in [3.8, 4) is 17.1 Å². The highest BCUT2D eigenvalue weighted by Gasteiger charge is 2.20. The summed E-state index contributed by atoms with van der Waals surface area (Å²) in [6, 6.07) is 28.2. The summed E-state index contributed by atoms with van der Waals surface area (Å²) in [4.78, 5) is 0. The molecule has 0 fully saturated rings. The third-order valence-electron chi connectivity index (χ3n) is 4.62. The molecule has 0 aliphatic carbocycles. The van der Waals surface area contributed by atoms with Gasteiger partial charge in [-0.05, 0) is 23.3 Å². The second-order valence-corrected chi connectivity index (χ2v) is 7.56. The van der Waals surface area contributed by atoms with Gasteiger partial charge in [0.2, 0.25) is 5.16 Å². The number of hydrogen-bond acceptors (Lipinski definition) is 5. The molecule has 0 saturated carbocycles. The van der Waals surface area contributed by atoms with Gasteiger partial charge in [0.25, 0.3) is 0 Å². The summed E-state index contributed by atoms with van der Waals surface area (Å²) < 4.78 is 7.79. The predicted molar refractivity (Wildman–Crippen MR) is 115 cm³/mol. The van der Waals surface area contributed by atoms with Gasteiger partial charge in [-0.2, -0.15) is 9.78 Å². The summed E-state index contributed by atoms with van der Waals surface area (Å²) in [5.74, 6) is 2.28. The third-order valence-corrected chi connectivity index (χ3v) is 5.55. The Morgan fingerprint density at radius 1 is 0.828 bits per heavy atom. The fourth-order valence-corrected chi connectivity index (χ4v) is 3.98. The van der Waals surface area contributed by atoms with Crippen molar-refractivity contribution in [3.05, 3.63) is 96.1 Å². The standard InChI is InChI=1S/C23H18N4OS/c1-3-8-17(9-4-1)15-28-20-13-7-12-19(14-20)22-24-25-23-27(22)26-21(16-29-23)18-10-5-2-6-11-18/h1-14H,15-16H2. The Balaban J connectivity index is 1.43. The van der Waals surface area contributed by atoms with Crippen LogP contribution in [0.5, 0.6) is 5.75 Å². The van der Waals surface area contributed by atoms with Crippen molar-refractivity contribution >= 4 is 17.5 Å². The number of aromatic nitrogens is 3. The third kappa shape index (κ3) is 3.79. The van der Waals surface area contributed by atoms with E-state index in [1.165, 1.54) is 0 Å². The maximum Gasteiger partial charge on any atom is 0.212 e. The molecule has 1 aliphatic rings. The molecule has 0 bridgehead atoms. The number of benzene rings is 3. The number of ether oxygens (including phenoxy) is 1. The van der Waals surface area contributed by atoms with Crippen LogP contribution in [0.4, 0.5) is 0 Å². The lowest BCUT2D eigenvalue weighted by Crippen LogP contribution is -2.13. The van der Waals surface area contributed by atoms with Crippen molar-refractivity contribution < 1.29 is 4.74 Å². The van der Waals surface area contributed by atoms with Crippen LogP contribution in [-0.4, -0.2) is 26.3 Å². The zero-order valence-electron chi connectivity index (χ0n) is 15.6. The van der Waals surface area contributed by atoms with E-state index in [0.717, 1.165) is 39.1 Å². The monoisotopic (exact) mass is 398 g/mol. The van der Waals surface area contributed by atoms with Gasteiger partial charge >= 0.3 is 0 Å². The molecule has 0 N–H and O–H groups in total. The normalized spacial score (nSPS) is 12.9. The van der Waals surface area contributed by atoms with E-state index >= 15 is 0 Å². The van der Waals surface area contributed by atoms with Gasteiger partial charge in [0.05, 0.1) is 5.71 Å². The van der Waals surface area contributed by atoms with E-state index in [-0.39, 0.29) is 0 Å². The zero-order valence-corrected chi connectivity index (χ0v) is 16.4. The van der Waals surface area contributed by atoms with E-state index in [9.17, 15) is 0 Å². The number of hydrogen-bond donors (Lipinski definition) is 0. The Kier molecular flexibility index (Phi) is 4.84. The van der Waals surface area contributed by atoms with E-state index in [0.29, 0.717) is 12.4 Å². The molecule has 0 spiro atoms. The Bertz CT molecular complexity index is 1160. The fourth-order valence-electron chi connectivity index (χ4n) is 3.15. The van der Waals surface area contributed by atoms with Gasteiger partial charge in [-0.3, -0.25) is 0 Å². The highest BCUT2D eigenvalue weighted by atomic mass is 32.2. The van der Waals surface area contributed by atoms with Gasteiger partial charge in [0.15, 0.2) is 5.82 Å². The van der Waals surface area contributed by atoms with Gasteiger partial charge in [0, 0.05) is 11.3 Å². The van der Waals surface area contributed by atoms with Crippen molar-refractivity contribution in [3.63, 3.8) is 0 Å². The van der Waals surface area contributed by atoms with Crippen molar-refractivity contribution in [1.29, 1.82) is 0 Å². The van der Waals surface area contributed by atoms with E-state index in [2.05, 4.69) is 34.5 Å². The average Bonchev–Trinajstić information content (AvgIpc) is 3.22. The molecule has 0 unspecified atom stereocenters. The quantitative estimate of drug-likeness (QED) is 0.481. The van der Waals surface area contributed by atoms with Crippen LogP contribution in [0.1, 0.15) is 11.1 Å². The van der Waals surface area contributed by atoms with Crippen LogP contribution in [0.15, 0.2) is 95.2 Å². The lowest BCUT2D eigenvalue weighted by Gasteiger charge is -2.14. The molecule has 0 amide bonds. The largest absolute Gasteiger partial charge is 0.489 e. The minimum absolute atomic E-state index is 0.522. The van der Waals surface area contributed by atoms with Crippen LogP contribution in [0.25, 0.3) is 11.4 Å². The molecule has 0 radical (unpaired) electrons. The van der Waals surface area contributed by atoms with Gasteiger partial charge in [-0.1, -0.05) is 84.6 Å². The van der Waals surface area contributed by atoms with Crippen LogP contribution in [0.2, 0.25) is 0 Å². The van der Waals surface area contributed by atoms with E-state index in [1.807, 2.05) is 65.3 Å². The second kappa shape index (κ2) is 7.93. The van der Waals surface area contributed by atoms with Crippen molar-refractivity contribution in [2.45, 2.75) is 11.8 Å². The van der Waals surface area contributed by atoms with Crippen LogP contribution in [0.3, 0.4) is 0 Å². The van der Waals surface area contributed by atoms with E-state index in [1.54, 1.807) is 11.8 Å². The molecule has 29 heavy (non-hydrogen) atoms. The molecule has 6 heteroatoms. The summed E-state index contributed by atoms with van der Waals surface area (Å²) >= 11 is 1.65. The lowest BCUT2D eigenvalue weighted by atomic mass is 10.1. The summed E-state index contributed by atoms with van der Waals surface area (Å²) in [5, 5.41) is 14.3. The van der Waals surface area contributed by atoms with E-state index < -0.39 is 0 Å². The Morgan fingerprint density at radius 3 is 2.41 bits per heavy atom. The molecule has 0 atom stereocenters. The first-order valence-corrected chi connectivity index (χ1v) is 10.3. The number of fused-ring (bicyclic) bond motifs is 1. The van der Waals surface area contributed by atoms with Crippen molar-refractivity contribution in [2.75, 3.05) is 5.75 Å². The number of rotatable bonds is 5. The van der Waals surface area contributed by atoms with Crippen LogP contribution in [-0.2, 0) is 6.61 Å². The highest BCUT2D eigenvalue weighted by Crippen LogP contribution is 2.30. The fraction of sp³-hybridized carbons (Fsp3) is 0.0870. The first-order chi connectivity index (χ1) is 14.4. The minimum atomic E-state index is 0.522. The molecule has 1 aromatic heterocycles. The second-order valence-electron chi connectivity index (χ2n) is 6.62. The van der Waals surface area contributed by atoms with Gasteiger partial charge < -0.3 is 4.74 Å². The molecule has 1 aliphatic heterocycles. The zero-order chi connectivity index (χ0) is 19.5. The Morgan fingerprint density at radius 2 is 1.59 bits per heavy atom. The molecule has 5 nitrogen and oxygen atoms in total. The number of nitrogens with zero attached hydrogens (tertiary/aromatic N) is 4. The molecule has 0 saturated heterocycles. The minimum Gasteiger partial charge on any atom is -0.489 e.